The topological polar surface area (TPSA) is 83.5 Å². The Morgan fingerprint density at radius 3 is 2.71 bits per heavy atom. The van der Waals surface area contributed by atoms with Crippen LogP contribution in [0.3, 0.4) is 0 Å². The summed E-state index contributed by atoms with van der Waals surface area (Å²) in [6.45, 7) is 7.43. The molecule has 1 aromatic rings. The highest BCUT2D eigenvalue weighted by Gasteiger charge is 2.43. The number of cyclic esters (lactones) is 1. The van der Waals surface area contributed by atoms with E-state index in [1.807, 2.05) is 58.1 Å². The number of benzene rings is 1. The van der Waals surface area contributed by atoms with Gasteiger partial charge in [0, 0.05) is 13.0 Å². The van der Waals surface area contributed by atoms with Crippen molar-refractivity contribution in [2.24, 2.45) is 5.92 Å². The number of methoxy groups -OCH3 is 1. The van der Waals surface area contributed by atoms with Gasteiger partial charge in [-0.05, 0) is 38.8 Å². The van der Waals surface area contributed by atoms with Crippen LogP contribution in [-0.2, 0) is 18.9 Å². The first-order valence-corrected chi connectivity index (χ1v) is 10.6. The first-order valence-electron chi connectivity index (χ1n) is 10.6. The molecule has 0 radical (unpaired) electrons. The Balaban J connectivity index is 1.99. The highest BCUT2D eigenvalue weighted by atomic mass is 16.8. The van der Waals surface area contributed by atoms with Crippen molar-refractivity contribution >= 4 is 12.0 Å². The summed E-state index contributed by atoms with van der Waals surface area (Å²) in [5.74, 6) is -0.993. The lowest BCUT2D eigenvalue weighted by Gasteiger charge is -2.22. The second-order valence-corrected chi connectivity index (χ2v) is 8.39. The van der Waals surface area contributed by atoms with Crippen LogP contribution >= 0.6 is 0 Å². The maximum atomic E-state index is 13.1. The van der Waals surface area contributed by atoms with Crippen molar-refractivity contribution in [3.05, 3.63) is 47.6 Å². The number of hydrogen-bond donors (Lipinski definition) is 1. The molecule has 0 amide bonds. The van der Waals surface area contributed by atoms with Crippen LogP contribution in [0.15, 0.2) is 36.4 Å². The summed E-state index contributed by atoms with van der Waals surface area (Å²) in [7, 11) is 1.52. The van der Waals surface area contributed by atoms with Gasteiger partial charge in [-0.3, -0.25) is 0 Å². The third-order valence-corrected chi connectivity index (χ3v) is 5.46. The van der Waals surface area contributed by atoms with E-state index >= 15 is 0 Å². The van der Waals surface area contributed by atoms with Crippen LogP contribution in [0.1, 0.15) is 50.0 Å². The molecule has 5 atom stereocenters. The Kier molecular flexibility index (Phi) is 7.54. The number of aliphatic hydroxyl groups excluding tert-OH is 1. The molecule has 0 saturated carbocycles. The van der Waals surface area contributed by atoms with Crippen molar-refractivity contribution in [3.63, 3.8) is 0 Å². The first-order chi connectivity index (χ1) is 14.7. The van der Waals surface area contributed by atoms with Crippen molar-refractivity contribution in [2.45, 2.75) is 64.3 Å². The Morgan fingerprint density at radius 2 is 1.97 bits per heavy atom. The van der Waals surface area contributed by atoms with E-state index in [2.05, 4.69) is 0 Å². The van der Waals surface area contributed by atoms with Crippen molar-refractivity contribution < 1.29 is 33.6 Å². The van der Waals surface area contributed by atoms with Crippen LogP contribution < -0.4 is 4.74 Å². The average molecular weight is 433 g/mol. The molecule has 3 rings (SSSR count). The van der Waals surface area contributed by atoms with Gasteiger partial charge in [0.05, 0.1) is 6.10 Å². The van der Waals surface area contributed by atoms with Crippen molar-refractivity contribution in [1.29, 1.82) is 0 Å². The molecule has 7 nitrogen and oxygen atoms in total. The fourth-order valence-corrected chi connectivity index (χ4v) is 3.70. The van der Waals surface area contributed by atoms with E-state index in [0.717, 1.165) is 0 Å². The van der Waals surface area contributed by atoms with E-state index in [0.29, 0.717) is 23.3 Å². The lowest BCUT2D eigenvalue weighted by Crippen LogP contribution is -2.34. The third-order valence-electron chi connectivity index (χ3n) is 5.46. The molecule has 2 aliphatic heterocycles. The number of aliphatic hydroxyl groups is 1. The minimum absolute atomic E-state index is 0.0179. The zero-order valence-corrected chi connectivity index (χ0v) is 18.7. The summed E-state index contributed by atoms with van der Waals surface area (Å²) >= 11 is 0. The number of carbonyl (C=O) groups is 1. The standard InChI is InChI=1S/C24H32O7/c1-15-12-13-18(25)22-20(30-24(3,4)31-22)11-7-9-17-8-6-10-19(28-14-27-5)21(17)23(26)29-16(15)2/h6-10,12-13,15-16,18,20,22,25H,11,14H2,1-5H3/t15-,16+,18?,20+,22-/m1/s1. The number of fused-ring (bicyclic) bond motifs is 2. The Labute approximate surface area is 183 Å². The zero-order valence-electron chi connectivity index (χ0n) is 18.7. The molecule has 1 N–H and O–H groups in total. The second-order valence-electron chi connectivity index (χ2n) is 8.39. The van der Waals surface area contributed by atoms with Gasteiger partial charge in [0.15, 0.2) is 12.6 Å². The van der Waals surface area contributed by atoms with Gasteiger partial charge in [0.2, 0.25) is 0 Å². The number of esters is 1. The van der Waals surface area contributed by atoms with Gasteiger partial charge in [-0.1, -0.05) is 43.4 Å². The summed E-state index contributed by atoms with van der Waals surface area (Å²) in [6.07, 6.45) is 5.69. The molecule has 7 heteroatoms. The van der Waals surface area contributed by atoms with Crippen LogP contribution in [0.2, 0.25) is 0 Å². The molecule has 1 aromatic carbocycles. The van der Waals surface area contributed by atoms with Crippen LogP contribution in [0.4, 0.5) is 0 Å². The number of hydrogen-bond acceptors (Lipinski definition) is 7. The molecule has 1 unspecified atom stereocenters. The van der Waals surface area contributed by atoms with Gasteiger partial charge >= 0.3 is 5.97 Å². The van der Waals surface area contributed by atoms with E-state index in [4.69, 9.17) is 23.7 Å². The largest absolute Gasteiger partial charge is 0.467 e. The summed E-state index contributed by atoms with van der Waals surface area (Å²) in [6, 6.07) is 5.35. The molecule has 2 heterocycles. The fraction of sp³-hybridized carbons (Fsp3) is 0.542. The number of carbonyl (C=O) groups excluding carboxylic acids is 1. The van der Waals surface area contributed by atoms with E-state index in [9.17, 15) is 9.90 Å². The van der Waals surface area contributed by atoms with Crippen molar-refractivity contribution in [3.8, 4) is 5.75 Å². The van der Waals surface area contributed by atoms with Gasteiger partial charge in [0.25, 0.3) is 0 Å². The molecule has 0 bridgehead atoms. The van der Waals surface area contributed by atoms with E-state index in [1.165, 1.54) is 7.11 Å². The van der Waals surface area contributed by atoms with Gasteiger partial charge in [0.1, 0.15) is 29.6 Å². The van der Waals surface area contributed by atoms with E-state index < -0.39 is 30.1 Å². The summed E-state index contributed by atoms with van der Waals surface area (Å²) in [4.78, 5) is 13.1. The SMILES string of the molecule is COCOc1cccc2c1C(=O)O[C@@H](C)[C@H](C)C=CC(O)[C@H]1OC(C)(C)O[C@H]1CC=C2. The summed E-state index contributed by atoms with van der Waals surface area (Å²) < 4.78 is 28.3. The van der Waals surface area contributed by atoms with Crippen molar-refractivity contribution in [1.82, 2.24) is 0 Å². The van der Waals surface area contributed by atoms with Crippen LogP contribution in [0.25, 0.3) is 6.08 Å². The minimum atomic E-state index is -0.838. The highest BCUT2D eigenvalue weighted by molar-refractivity contribution is 5.96. The molecule has 170 valence electrons. The molecule has 1 fully saturated rings. The van der Waals surface area contributed by atoms with Crippen LogP contribution in [0.5, 0.6) is 5.75 Å². The maximum Gasteiger partial charge on any atom is 0.342 e. The summed E-state index contributed by atoms with van der Waals surface area (Å²) in [5.41, 5.74) is 1.01. The molecular formula is C24H32O7. The fourth-order valence-electron chi connectivity index (χ4n) is 3.70. The van der Waals surface area contributed by atoms with Gasteiger partial charge in [-0.25, -0.2) is 4.79 Å². The van der Waals surface area contributed by atoms with Crippen LogP contribution in [-0.4, -0.2) is 55.2 Å². The lowest BCUT2D eigenvalue weighted by atomic mass is 9.99. The number of rotatable bonds is 3. The zero-order chi connectivity index (χ0) is 22.6. The monoisotopic (exact) mass is 432 g/mol. The quantitative estimate of drug-likeness (QED) is 0.443. The Morgan fingerprint density at radius 1 is 1.19 bits per heavy atom. The van der Waals surface area contributed by atoms with Crippen molar-refractivity contribution in [2.75, 3.05) is 13.9 Å². The molecule has 1 saturated heterocycles. The smallest absolute Gasteiger partial charge is 0.342 e. The van der Waals surface area contributed by atoms with Gasteiger partial charge in [-0.15, -0.1) is 0 Å². The second kappa shape index (κ2) is 9.96. The normalized spacial score (nSPS) is 30.8. The predicted octanol–water partition coefficient (Wildman–Crippen LogP) is 3.70. The molecule has 2 aliphatic rings. The molecule has 0 aliphatic carbocycles. The molecule has 0 aromatic heterocycles. The predicted molar refractivity (Wildman–Crippen MR) is 116 cm³/mol. The third kappa shape index (κ3) is 5.74. The first kappa shape index (κ1) is 23.5. The maximum absolute atomic E-state index is 13.1. The highest BCUT2D eigenvalue weighted by Crippen LogP contribution is 2.33. The molecular weight excluding hydrogens is 400 g/mol. The van der Waals surface area contributed by atoms with E-state index in [-0.39, 0.29) is 18.8 Å². The lowest BCUT2D eigenvalue weighted by molar-refractivity contribution is -0.152. The van der Waals surface area contributed by atoms with Crippen LogP contribution in [0, 0.1) is 5.92 Å². The average Bonchev–Trinajstić information content (AvgIpc) is 3.03. The van der Waals surface area contributed by atoms with E-state index in [1.54, 1.807) is 12.1 Å². The summed E-state index contributed by atoms with van der Waals surface area (Å²) in [5, 5.41) is 10.7. The minimum Gasteiger partial charge on any atom is -0.467 e. The Bertz CT molecular complexity index is 829. The molecule has 31 heavy (non-hydrogen) atoms. The number of ether oxygens (including phenoxy) is 5. The Hall–Kier alpha value is -2.19. The van der Waals surface area contributed by atoms with Gasteiger partial charge < -0.3 is 28.8 Å². The molecule has 0 spiro atoms. The van der Waals surface area contributed by atoms with Gasteiger partial charge in [-0.2, -0.15) is 0 Å².